The van der Waals surface area contributed by atoms with Gasteiger partial charge in [0.1, 0.15) is 18.1 Å². The molecule has 4 rings (SSSR count). The SMILES string of the molecule is Cc1ccc(Cl)c(OC2CCC(CCNC3=C(C(=N)C(=O)CCC4CCN(C(=O)CO)CC4)CCC3)CC2)c1. The standard InChI is InChI=1S/C31H44ClN3O4/c1-21-5-11-26(32)29(19-21)39-24-9-6-22(7-10-24)13-16-34-27-4-2-3-25(27)31(33)28(37)12-8-23-14-17-35(18-15-23)30(38)20-36/h5,11,19,22-24,33-34,36H,2-4,6-10,12-18,20H2,1H3. The molecule has 39 heavy (non-hydrogen) atoms. The largest absolute Gasteiger partial charge is 0.489 e. The number of piperidine rings is 1. The molecule has 1 amide bonds. The van der Waals surface area contributed by atoms with E-state index in [2.05, 4.69) is 5.32 Å². The molecule has 1 aliphatic heterocycles. The van der Waals surface area contributed by atoms with Crippen molar-refractivity contribution in [2.75, 3.05) is 26.2 Å². The zero-order chi connectivity index (χ0) is 27.8. The summed E-state index contributed by atoms with van der Waals surface area (Å²) in [5, 5.41) is 21.9. The van der Waals surface area contributed by atoms with Gasteiger partial charge >= 0.3 is 0 Å². The summed E-state index contributed by atoms with van der Waals surface area (Å²) in [6.45, 7) is 3.78. The summed E-state index contributed by atoms with van der Waals surface area (Å²) < 4.78 is 6.21. The van der Waals surface area contributed by atoms with Crippen molar-refractivity contribution in [3.8, 4) is 5.75 Å². The summed E-state index contributed by atoms with van der Waals surface area (Å²) in [4.78, 5) is 26.2. The Hall–Kier alpha value is -2.38. The molecule has 0 spiro atoms. The fourth-order valence-electron chi connectivity index (χ4n) is 6.26. The molecule has 0 aromatic heterocycles. The minimum absolute atomic E-state index is 0.0629. The Morgan fingerprint density at radius 2 is 1.79 bits per heavy atom. The Morgan fingerprint density at radius 3 is 2.51 bits per heavy atom. The number of hydrogen-bond acceptors (Lipinski definition) is 6. The molecule has 1 aromatic rings. The van der Waals surface area contributed by atoms with E-state index in [1.54, 1.807) is 4.90 Å². The van der Waals surface area contributed by atoms with Crippen LogP contribution in [0, 0.1) is 24.2 Å². The number of rotatable bonds is 12. The summed E-state index contributed by atoms with van der Waals surface area (Å²) in [5.41, 5.74) is 3.35. The maximum atomic E-state index is 12.9. The van der Waals surface area contributed by atoms with Gasteiger partial charge in [0.2, 0.25) is 5.91 Å². The first-order chi connectivity index (χ1) is 18.8. The smallest absolute Gasteiger partial charge is 0.248 e. The lowest BCUT2D eigenvalue weighted by Crippen LogP contribution is -2.40. The highest BCUT2D eigenvalue weighted by Crippen LogP contribution is 2.33. The van der Waals surface area contributed by atoms with Gasteiger partial charge in [0.15, 0.2) is 5.78 Å². The van der Waals surface area contributed by atoms with Crippen molar-refractivity contribution in [3.63, 3.8) is 0 Å². The number of allylic oxidation sites excluding steroid dienone is 2. The van der Waals surface area contributed by atoms with Crippen LogP contribution in [0.2, 0.25) is 5.02 Å². The Morgan fingerprint density at radius 1 is 1.08 bits per heavy atom. The quantitative estimate of drug-likeness (QED) is 0.290. The second-order valence-corrected chi connectivity index (χ2v) is 11.9. The zero-order valence-electron chi connectivity index (χ0n) is 23.3. The van der Waals surface area contributed by atoms with E-state index in [1.807, 2.05) is 25.1 Å². The summed E-state index contributed by atoms with van der Waals surface area (Å²) in [5.74, 6) is 1.57. The molecule has 1 heterocycles. The van der Waals surface area contributed by atoms with Crippen LogP contribution < -0.4 is 10.1 Å². The molecule has 2 aliphatic carbocycles. The maximum Gasteiger partial charge on any atom is 0.248 e. The Kier molecular flexibility index (Phi) is 10.9. The van der Waals surface area contributed by atoms with Crippen molar-refractivity contribution >= 4 is 29.0 Å². The number of nitrogens with zero attached hydrogens (tertiary/aromatic N) is 1. The van der Waals surface area contributed by atoms with Gasteiger partial charge in [-0.05, 0) is 113 Å². The molecule has 8 heteroatoms. The van der Waals surface area contributed by atoms with Gasteiger partial charge in [-0.3, -0.25) is 15.0 Å². The molecule has 0 radical (unpaired) electrons. The minimum Gasteiger partial charge on any atom is -0.489 e. The van der Waals surface area contributed by atoms with E-state index in [4.69, 9.17) is 26.9 Å². The first-order valence-electron chi connectivity index (χ1n) is 14.7. The van der Waals surface area contributed by atoms with Crippen molar-refractivity contribution in [2.45, 2.75) is 90.1 Å². The molecule has 1 aromatic carbocycles. The van der Waals surface area contributed by atoms with Crippen molar-refractivity contribution in [1.29, 1.82) is 5.41 Å². The second kappa shape index (κ2) is 14.3. The predicted molar refractivity (Wildman–Crippen MR) is 154 cm³/mol. The van der Waals surface area contributed by atoms with Crippen molar-refractivity contribution < 1.29 is 19.4 Å². The highest BCUT2D eigenvalue weighted by molar-refractivity contribution is 6.45. The van der Waals surface area contributed by atoms with Gasteiger partial charge in [-0.15, -0.1) is 0 Å². The molecule has 214 valence electrons. The van der Waals surface area contributed by atoms with Gasteiger partial charge in [0.25, 0.3) is 0 Å². The fraction of sp³-hybridized carbons (Fsp3) is 0.645. The number of aliphatic hydroxyl groups is 1. The first kappa shape index (κ1) is 29.6. The van der Waals surface area contributed by atoms with Gasteiger partial charge in [-0.25, -0.2) is 0 Å². The molecule has 1 saturated carbocycles. The van der Waals surface area contributed by atoms with Crippen molar-refractivity contribution in [3.05, 3.63) is 40.1 Å². The highest BCUT2D eigenvalue weighted by Gasteiger charge is 2.27. The van der Waals surface area contributed by atoms with E-state index in [9.17, 15) is 9.59 Å². The Balaban J connectivity index is 1.16. The van der Waals surface area contributed by atoms with E-state index in [-0.39, 0.29) is 23.5 Å². The second-order valence-electron chi connectivity index (χ2n) is 11.5. The third-order valence-corrected chi connectivity index (χ3v) is 9.06. The number of likely N-dealkylation sites (tertiary alicyclic amines) is 1. The molecule has 3 N–H and O–H groups in total. The molecule has 0 bridgehead atoms. The Labute approximate surface area is 237 Å². The van der Waals surface area contributed by atoms with Gasteiger partial charge in [0, 0.05) is 31.8 Å². The average Bonchev–Trinajstić information content (AvgIpc) is 3.42. The molecule has 2 fully saturated rings. The first-order valence-corrected chi connectivity index (χ1v) is 15.1. The van der Waals surface area contributed by atoms with Gasteiger partial charge in [-0.1, -0.05) is 17.7 Å². The van der Waals surface area contributed by atoms with Gasteiger partial charge in [0.05, 0.1) is 11.1 Å². The summed E-state index contributed by atoms with van der Waals surface area (Å²) in [6.07, 6.45) is 11.3. The van der Waals surface area contributed by atoms with Crippen LogP contribution in [0.25, 0.3) is 0 Å². The van der Waals surface area contributed by atoms with E-state index in [0.29, 0.717) is 36.4 Å². The van der Waals surface area contributed by atoms with Crippen molar-refractivity contribution in [1.82, 2.24) is 10.2 Å². The van der Waals surface area contributed by atoms with Crippen LogP contribution in [0.15, 0.2) is 29.5 Å². The Bertz CT molecular complexity index is 1060. The van der Waals surface area contributed by atoms with Crippen LogP contribution in [0.1, 0.15) is 82.6 Å². The van der Waals surface area contributed by atoms with Crippen LogP contribution in [0.4, 0.5) is 0 Å². The normalized spacial score (nSPS) is 22.2. The van der Waals surface area contributed by atoms with Crippen LogP contribution >= 0.6 is 11.6 Å². The minimum atomic E-state index is -0.438. The monoisotopic (exact) mass is 557 g/mol. The van der Waals surface area contributed by atoms with Crippen molar-refractivity contribution in [2.24, 2.45) is 11.8 Å². The molecule has 0 atom stereocenters. The van der Waals surface area contributed by atoms with Gasteiger partial charge in [-0.2, -0.15) is 0 Å². The number of nitrogens with one attached hydrogen (secondary N) is 2. The molecule has 7 nitrogen and oxygen atoms in total. The topological polar surface area (TPSA) is 103 Å². The van der Waals surface area contributed by atoms with Crippen LogP contribution in [-0.4, -0.2) is 59.8 Å². The lowest BCUT2D eigenvalue weighted by molar-refractivity contribution is -0.135. The number of carbonyl (C=O) groups is 2. The lowest BCUT2D eigenvalue weighted by atomic mass is 9.85. The predicted octanol–water partition coefficient (Wildman–Crippen LogP) is 5.60. The third-order valence-electron chi connectivity index (χ3n) is 8.75. The van der Waals surface area contributed by atoms with E-state index >= 15 is 0 Å². The summed E-state index contributed by atoms with van der Waals surface area (Å²) in [7, 11) is 0. The number of Topliss-reactive ketones (excluding diaryl/α,β-unsaturated/α-hetero) is 1. The summed E-state index contributed by atoms with van der Waals surface area (Å²) >= 11 is 6.31. The zero-order valence-corrected chi connectivity index (χ0v) is 24.0. The number of aryl methyl sites for hydroxylation is 1. The number of amides is 1. The molecular weight excluding hydrogens is 514 g/mol. The molecular formula is C31H44ClN3O4. The van der Waals surface area contributed by atoms with E-state index < -0.39 is 6.61 Å². The summed E-state index contributed by atoms with van der Waals surface area (Å²) in [6, 6.07) is 5.91. The molecule has 1 saturated heterocycles. The van der Waals surface area contributed by atoms with Crippen LogP contribution in [0.3, 0.4) is 0 Å². The number of halogens is 1. The van der Waals surface area contributed by atoms with Crippen LogP contribution in [-0.2, 0) is 9.59 Å². The molecule has 3 aliphatic rings. The van der Waals surface area contributed by atoms with Gasteiger partial charge < -0.3 is 20.1 Å². The number of hydrogen-bond donors (Lipinski definition) is 3. The number of carbonyl (C=O) groups excluding carboxylic acids is 2. The third kappa shape index (κ3) is 8.31. The van der Waals surface area contributed by atoms with E-state index in [0.717, 1.165) is 99.8 Å². The highest BCUT2D eigenvalue weighted by atomic mass is 35.5. The maximum absolute atomic E-state index is 12.9. The number of ketones is 1. The molecule has 0 unspecified atom stereocenters. The average molecular weight is 558 g/mol. The van der Waals surface area contributed by atoms with Crippen LogP contribution in [0.5, 0.6) is 5.75 Å². The number of benzene rings is 1. The number of ether oxygens (including phenoxy) is 1. The van der Waals surface area contributed by atoms with E-state index in [1.165, 1.54) is 0 Å². The fourth-order valence-corrected chi connectivity index (χ4v) is 6.42. The number of aliphatic hydroxyl groups excluding tert-OH is 1. The lowest BCUT2D eigenvalue weighted by Gasteiger charge is -2.31.